The largest absolute Gasteiger partial charge is 0.457 e. The van der Waals surface area contributed by atoms with Crippen molar-refractivity contribution in [2.45, 2.75) is 13.3 Å². The van der Waals surface area contributed by atoms with Gasteiger partial charge in [-0.2, -0.15) is 0 Å². The maximum atomic E-state index is 12.7. The van der Waals surface area contributed by atoms with Crippen LogP contribution in [0, 0.1) is 12.8 Å². The second-order valence-electron chi connectivity index (χ2n) is 7.27. The van der Waals surface area contributed by atoms with Crippen LogP contribution < -0.4 is 15.0 Å². The van der Waals surface area contributed by atoms with Crippen LogP contribution in [0.25, 0.3) is 0 Å². The van der Waals surface area contributed by atoms with Crippen molar-refractivity contribution in [1.82, 2.24) is 0 Å². The predicted octanol–water partition coefficient (Wildman–Crippen LogP) is 5.43. The lowest BCUT2D eigenvalue weighted by molar-refractivity contribution is -0.122. The molecule has 6 heteroatoms. The third kappa shape index (κ3) is 4.47. The van der Waals surface area contributed by atoms with Crippen LogP contribution in [0.4, 0.5) is 11.4 Å². The Bertz CT molecular complexity index is 1080. The fourth-order valence-corrected chi connectivity index (χ4v) is 3.61. The fourth-order valence-electron chi connectivity index (χ4n) is 3.43. The number of halogens is 1. The molecule has 0 aromatic heterocycles. The lowest BCUT2D eigenvalue weighted by atomic mass is 10.1. The van der Waals surface area contributed by atoms with E-state index in [1.54, 1.807) is 47.4 Å². The van der Waals surface area contributed by atoms with E-state index in [0.29, 0.717) is 28.7 Å². The van der Waals surface area contributed by atoms with Crippen molar-refractivity contribution in [2.24, 2.45) is 5.92 Å². The number of ether oxygens (including phenoxy) is 1. The van der Waals surface area contributed by atoms with E-state index in [0.717, 1.165) is 11.3 Å². The first-order valence-corrected chi connectivity index (χ1v) is 10.1. The van der Waals surface area contributed by atoms with Crippen molar-refractivity contribution in [3.05, 3.63) is 83.4 Å². The molecular weight excluding hydrogens is 400 g/mol. The van der Waals surface area contributed by atoms with Gasteiger partial charge in [0, 0.05) is 29.4 Å². The van der Waals surface area contributed by atoms with Gasteiger partial charge < -0.3 is 15.0 Å². The molecule has 0 unspecified atom stereocenters. The van der Waals surface area contributed by atoms with Crippen LogP contribution in [0.2, 0.25) is 5.02 Å². The molecule has 0 radical (unpaired) electrons. The van der Waals surface area contributed by atoms with Crippen LogP contribution in [0.3, 0.4) is 0 Å². The second-order valence-corrected chi connectivity index (χ2v) is 7.70. The quantitative estimate of drug-likeness (QED) is 0.598. The van der Waals surface area contributed by atoms with E-state index in [9.17, 15) is 9.59 Å². The van der Waals surface area contributed by atoms with Gasteiger partial charge in [0.1, 0.15) is 11.5 Å². The summed E-state index contributed by atoms with van der Waals surface area (Å²) < 4.78 is 5.88. The monoisotopic (exact) mass is 420 g/mol. The molecule has 3 aromatic carbocycles. The standard InChI is InChI=1S/C24H21ClN2O3/c1-16-5-2-3-8-22(16)30-21-11-9-19(10-12-21)26-24(29)17-13-23(28)27(15-17)20-7-4-6-18(25)14-20/h2-12,14,17H,13,15H2,1H3,(H,26,29)/t17-/m1/s1. The van der Waals surface area contributed by atoms with Gasteiger partial charge in [0.05, 0.1) is 5.92 Å². The van der Waals surface area contributed by atoms with Crippen molar-refractivity contribution in [3.63, 3.8) is 0 Å². The summed E-state index contributed by atoms with van der Waals surface area (Å²) in [7, 11) is 0. The van der Waals surface area contributed by atoms with E-state index < -0.39 is 5.92 Å². The molecule has 0 aliphatic carbocycles. The lowest BCUT2D eigenvalue weighted by Crippen LogP contribution is -2.28. The average molecular weight is 421 g/mol. The van der Waals surface area contributed by atoms with Crippen molar-refractivity contribution in [3.8, 4) is 11.5 Å². The molecule has 1 aliphatic heterocycles. The summed E-state index contributed by atoms with van der Waals surface area (Å²) in [5.41, 5.74) is 2.41. The smallest absolute Gasteiger partial charge is 0.229 e. The minimum Gasteiger partial charge on any atom is -0.457 e. The number of para-hydroxylation sites is 1. The van der Waals surface area contributed by atoms with Crippen LogP contribution in [0.1, 0.15) is 12.0 Å². The SMILES string of the molecule is Cc1ccccc1Oc1ccc(NC(=O)[C@@H]2CC(=O)N(c3cccc(Cl)c3)C2)cc1. The molecule has 1 heterocycles. The highest BCUT2D eigenvalue weighted by Gasteiger charge is 2.35. The number of aryl methyl sites for hydroxylation is 1. The minimum atomic E-state index is -0.417. The zero-order valence-electron chi connectivity index (χ0n) is 16.5. The van der Waals surface area contributed by atoms with Crippen LogP contribution in [-0.2, 0) is 9.59 Å². The Balaban J connectivity index is 1.38. The molecule has 5 nitrogen and oxygen atoms in total. The summed E-state index contributed by atoms with van der Waals surface area (Å²) in [6.07, 6.45) is 0.173. The summed E-state index contributed by atoms with van der Waals surface area (Å²) in [5.74, 6) is 0.796. The van der Waals surface area contributed by atoms with Gasteiger partial charge in [0.25, 0.3) is 0 Å². The Morgan fingerprint density at radius 2 is 1.83 bits per heavy atom. The molecule has 1 atom stereocenters. The highest BCUT2D eigenvalue weighted by molar-refractivity contribution is 6.31. The summed E-state index contributed by atoms with van der Waals surface area (Å²) in [6.45, 7) is 2.32. The predicted molar refractivity (Wildman–Crippen MR) is 118 cm³/mol. The van der Waals surface area contributed by atoms with Gasteiger partial charge >= 0.3 is 0 Å². The highest BCUT2D eigenvalue weighted by Crippen LogP contribution is 2.29. The normalized spacial score (nSPS) is 15.9. The van der Waals surface area contributed by atoms with Crippen molar-refractivity contribution in [2.75, 3.05) is 16.8 Å². The lowest BCUT2D eigenvalue weighted by Gasteiger charge is -2.17. The highest BCUT2D eigenvalue weighted by atomic mass is 35.5. The summed E-state index contributed by atoms with van der Waals surface area (Å²) in [5, 5.41) is 3.45. The third-order valence-corrected chi connectivity index (χ3v) is 5.29. The number of hydrogen-bond donors (Lipinski definition) is 1. The number of nitrogens with zero attached hydrogens (tertiary/aromatic N) is 1. The fraction of sp³-hybridized carbons (Fsp3) is 0.167. The average Bonchev–Trinajstić information content (AvgIpc) is 3.13. The molecule has 4 rings (SSSR count). The summed E-state index contributed by atoms with van der Waals surface area (Å²) >= 11 is 6.02. The van der Waals surface area contributed by atoms with E-state index in [1.165, 1.54) is 0 Å². The van der Waals surface area contributed by atoms with Gasteiger partial charge in [-0.1, -0.05) is 35.9 Å². The number of hydrogen-bond acceptors (Lipinski definition) is 3. The molecule has 3 aromatic rings. The Kier molecular flexibility index (Phi) is 5.72. The van der Waals surface area contributed by atoms with E-state index in [2.05, 4.69) is 5.32 Å². The van der Waals surface area contributed by atoms with Gasteiger partial charge in [-0.25, -0.2) is 0 Å². The zero-order chi connectivity index (χ0) is 21.1. The minimum absolute atomic E-state index is 0.0839. The van der Waals surface area contributed by atoms with Gasteiger partial charge in [-0.3, -0.25) is 9.59 Å². The van der Waals surface area contributed by atoms with Crippen molar-refractivity contribution < 1.29 is 14.3 Å². The maximum absolute atomic E-state index is 12.7. The number of nitrogens with one attached hydrogen (secondary N) is 1. The third-order valence-electron chi connectivity index (χ3n) is 5.06. The van der Waals surface area contributed by atoms with Crippen LogP contribution >= 0.6 is 11.6 Å². The first-order valence-electron chi connectivity index (χ1n) is 9.70. The van der Waals surface area contributed by atoms with Crippen molar-refractivity contribution in [1.29, 1.82) is 0 Å². The molecule has 0 bridgehead atoms. The Morgan fingerprint density at radius 3 is 2.57 bits per heavy atom. The van der Waals surface area contributed by atoms with Gasteiger partial charge in [-0.05, 0) is 61.0 Å². The zero-order valence-corrected chi connectivity index (χ0v) is 17.2. The molecule has 0 saturated carbocycles. The summed E-state index contributed by atoms with van der Waals surface area (Å²) in [6, 6.07) is 22.1. The van der Waals surface area contributed by atoms with Crippen LogP contribution in [0.15, 0.2) is 72.8 Å². The van der Waals surface area contributed by atoms with Crippen molar-refractivity contribution >= 4 is 34.8 Å². The summed E-state index contributed by atoms with van der Waals surface area (Å²) in [4.78, 5) is 26.7. The van der Waals surface area contributed by atoms with Gasteiger partial charge in [0.2, 0.25) is 11.8 Å². The molecule has 1 saturated heterocycles. The Labute approximate surface area is 180 Å². The Hall–Kier alpha value is -3.31. The number of anilines is 2. The molecule has 2 amide bonds. The van der Waals surface area contributed by atoms with E-state index in [4.69, 9.17) is 16.3 Å². The number of rotatable bonds is 5. The van der Waals surface area contributed by atoms with Crippen LogP contribution in [-0.4, -0.2) is 18.4 Å². The van der Waals surface area contributed by atoms with E-state index in [-0.39, 0.29) is 18.2 Å². The van der Waals surface area contributed by atoms with Crippen LogP contribution in [0.5, 0.6) is 11.5 Å². The molecule has 152 valence electrons. The molecule has 30 heavy (non-hydrogen) atoms. The first-order chi connectivity index (χ1) is 14.5. The molecular formula is C24H21ClN2O3. The molecule has 1 aliphatic rings. The number of carbonyl (C=O) groups is 2. The number of carbonyl (C=O) groups excluding carboxylic acids is 2. The number of amides is 2. The van der Waals surface area contributed by atoms with Gasteiger partial charge in [0.15, 0.2) is 0 Å². The topological polar surface area (TPSA) is 58.6 Å². The molecule has 1 fully saturated rings. The maximum Gasteiger partial charge on any atom is 0.229 e. The second kappa shape index (κ2) is 8.59. The van der Waals surface area contributed by atoms with E-state index >= 15 is 0 Å². The van der Waals surface area contributed by atoms with Gasteiger partial charge in [-0.15, -0.1) is 0 Å². The molecule has 0 spiro atoms. The first kappa shape index (κ1) is 20.0. The number of benzene rings is 3. The van der Waals surface area contributed by atoms with E-state index in [1.807, 2.05) is 37.3 Å². The Morgan fingerprint density at radius 1 is 1.07 bits per heavy atom. The molecule has 1 N–H and O–H groups in total.